The molecule has 2 rings (SSSR count). The molecule has 2 nitrogen and oxygen atoms in total. The van der Waals surface area contributed by atoms with Crippen molar-refractivity contribution in [3.63, 3.8) is 0 Å². The minimum atomic E-state index is 0.455. The molecule has 19 heavy (non-hydrogen) atoms. The van der Waals surface area contributed by atoms with Gasteiger partial charge in [0.05, 0.1) is 6.10 Å². The fourth-order valence-corrected chi connectivity index (χ4v) is 3.25. The third kappa shape index (κ3) is 5.55. The van der Waals surface area contributed by atoms with E-state index in [-0.39, 0.29) is 0 Å². The minimum absolute atomic E-state index is 0.455. The van der Waals surface area contributed by atoms with Crippen molar-refractivity contribution in [2.45, 2.75) is 56.7 Å². The second-order valence-electron chi connectivity index (χ2n) is 5.48. The second kappa shape index (κ2) is 7.93. The smallest absolute Gasteiger partial charge is 0.0669 e. The van der Waals surface area contributed by atoms with Crippen LogP contribution in [-0.4, -0.2) is 24.5 Å². The topological polar surface area (TPSA) is 21.3 Å². The first-order chi connectivity index (χ1) is 9.24. The van der Waals surface area contributed by atoms with Gasteiger partial charge in [0.15, 0.2) is 0 Å². The molecule has 0 bridgehead atoms. The summed E-state index contributed by atoms with van der Waals surface area (Å²) in [6.45, 7) is 6.26. The molecular formula is C16H25NOS. The zero-order valence-electron chi connectivity index (χ0n) is 12.0. The lowest BCUT2D eigenvalue weighted by Gasteiger charge is -2.22. The van der Waals surface area contributed by atoms with E-state index in [0.717, 1.165) is 18.9 Å². The lowest BCUT2D eigenvalue weighted by atomic mass is 10.1. The van der Waals surface area contributed by atoms with Crippen LogP contribution < -0.4 is 5.32 Å². The SMILES string of the molecule is CC(C)NCc1cccc(SCC2CCCCO2)c1. The molecule has 1 unspecified atom stereocenters. The summed E-state index contributed by atoms with van der Waals surface area (Å²) < 4.78 is 5.78. The van der Waals surface area contributed by atoms with Gasteiger partial charge in [-0.05, 0) is 37.0 Å². The van der Waals surface area contributed by atoms with Gasteiger partial charge >= 0.3 is 0 Å². The number of thioether (sulfide) groups is 1. The molecule has 0 saturated carbocycles. The van der Waals surface area contributed by atoms with E-state index in [0.29, 0.717) is 12.1 Å². The molecule has 1 aromatic rings. The van der Waals surface area contributed by atoms with Crippen molar-refractivity contribution in [2.24, 2.45) is 0 Å². The van der Waals surface area contributed by atoms with Gasteiger partial charge in [0, 0.05) is 29.8 Å². The third-order valence-electron chi connectivity index (χ3n) is 3.32. The number of ether oxygens (including phenoxy) is 1. The van der Waals surface area contributed by atoms with Crippen molar-refractivity contribution in [1.29, 1.82) is 0 Å². The van der Waals surface area contributed by atoms with Crippen LogP contribution in [0.4, 0.5) is 0 Å². The maximum atomic E-state index is 5.78. The monoisotopic (exact) mass is 279 g/mol. The Hall–Kier alpha value is -0.510. The van der Waals surface area contributed by atoms with Crippen LogP contribution in [0.5, 0.6) is 0 Å². The Morgan fingerprint density at radius 2 is 2.26 bits per heavy atom. The van der Waals surface area contributed by atoms with E-state index in [9.17, 15) is 0 Å². The van der Waals surface area contributed by atoms with Gasteiger partial charge in [-0.1, -0.05) is 26.0 Å². The quantitative estimate of drug-likeness (QED) is 0.799. The fourth-order valence-electron chi connectivity index (χ4n) is 2.20. The number of hydrogen-bond acceptors (Lipinski definition) is 3. The molecule has 1 saturated heterocycles. The van der Waals surface area contributed by atoms with Gasteiger partial charge in [0.25, 0.3) is 0 Å². The van der Waals surface area contributed by atoms with Gasteiger partial charge in [0.1, 0.15) is 0 Å². The predicted octanol–water partition coefficient (Wildman–Crippen LogP) is 3.85. The zero-order chi connectivity index (χ0) is 13.5. The summed E-state index contributed by atoms with van der Waals surface area (Å²) >= 11 is 1.92. The number of hydrogen-bond donors (Lipinski definition) is 1. The normalized spacial score (nSPS) is 19.8. The zero-order valence-corrected chi connectivity index (χ0v) is 12.8. The van der Waals surface area contributed by atoms with Crippen LogP contribution >= 0.6 is 11.8 Å². The van der Waals surface area contributed by atoms with Crippen molar-refractivity contribution in [1.82, 2.24) is 5.32 Å². The first-order valence-corrected chi connectivity index (χ1v) is 8.29. The van der Waals surface area contributed by atoms with Crippen LogP contribution in [0.1, 0.15) is 38.7 Å². The molecule has 0 amide bonds. The van der Waals surface area contributed by atoms with Crippen molar-refractivity contribution in [2.75, 3.05) is 12.4 Å². The third-order valence-corrected chi connectivity index (χ3v) is 4.45. The fraction of sp³-hybridized carbons (Fsp3) is 0.625. The maximum Gasteiger partial charge on any atom is 0.0669 e. The van der Waals surface area contributed by atoms with Gasteiger partial charge in [-0.3, -0.25) is 0 Å². The predicted molar refractivity (Wildman–Crippen MR) is 82.7 cm³/mol. The summed E-state index contributed by atoms with van der Waals surface area (Å²) in [7, 11) is 0. The Morgan fingerprint density at radius 1 is 1.37 bits per heavy atom. The Morgan fingerprint density at radius 3 is 3.00 bits per heavy atom. The molecule has 0 aromatic heterocycles. The lowest BCUT2D eigenvalue weighted by Crippen LogP contribution is -2.22. The highest BCUT2D eigenvalue weighted by Crippen LogP contribution is 2.24. The van der Waals surface area contributed by atoms with Crippen molar-refractivity contribution in [3.05, 3.63) is 29.8 Å². The van der Waals surface area contributed by atoms with Gasteiger partial charge < -0.3 is 10.1 Å². The molecule has 1 heterocycles. The second-order valence-corrected chi connectivity index (χ2v) is 6.58. The first kappa shape index (κ1) is 14.9. The van der Waals surface area contributed by atoms with Gasteiger partial charge in [-0.15, -0.1) is 11.8 Å². The van der Waals surface area contributed by atoms with Gasteiger partial charge in [-0.25, -0.2) is 0 Å². The molecule has 1 N–H and O–H groups in total. The maximum absolute atomic E-state index is 5.78. The molecule has 0 spiro atoms. The molecule has 3 heteroatoms. The molecular weight excluding hydrogens is 254 g/mol. The highest BCUT2D eigenvalue weighted by atomic mass is 32.2. The molecule has 1 fully saturated rings. The van der Waals surface area contributed by atoms with Crippen LogP contribution in [0, 0.1) is 0 Å². The van der Waals surface area contributed by atoms with E-state index in [1.165, 1.54) is 29.7 Å². The van der Waals surface area contributed by atoms with Crippen molar-refractivity contribution >= 4 is 11.8 Å². The number of rotatable bonds is 6. The van der Waals surface area contributed by atoms with Crippen LogP contribution in [0.2, 0.25) is 0 Å². The van der Waals surface area contributed by atoms with Crippen LogP contribution in [0.3, 0.4) is 0 Å². The van der Waals surface area contributed by atoms with Crippen molar-refractivity contribution < 1.29 is 4.74 Å². The summed E-state index contributed by atoms with van der Waals surface area (Å²) in [5.74, 6) is 1.08. The summed E-state index contributed by atoms with van der Waals surface area (Å²) in [5.41, 5.74) is 1.36. The average Bonchev–Trinajstić information content (AvgIpc) is 2.44. The van der Waals surface area contributed by atoms with Crippen LogP contribution in [0.15, 0.2) is 29.2 Å². The first-order valence-electron chi connectivity index (χ1n) is 7.31. The van der Waals surface area contributed by atoms with E-state index < -0.39 is 0 Å². The highest BCUT2D eigenvalue weighted by molar-refractivity contribution is 7.99. The minimum Gasteiger partial charge on any atom is -0.377 e. The Balaban J connectivity index is 1.80. The van der Waals surface area contributed by atoms with E-state index in [1.54, 1.807) is 0 Å². The van der Waals surface area contributed by atoms with E-state index in [2.05, 4.69) is 43.4 Å². The highest BCUT2D eigenvalue weighted by Gasteiger charge is 2.13. The number of benzene rings is 1. The molecule has 106 valence electrons. The standard InChI is InChI=1S/C16H25NOS/c1-13(2)17-11-14-6-5-8-16(10-14)19-12-15-7-3-4-9-18-15/h5-6,8,10,13,15,17H,3-4,7,9,11-12H2,1-2H3. The Bertz CT molecular complexity index is 375. The summed E-state index contributed by atoms with van der Waals surface area (Å²) in [6.07, 6.45) is 4.24. The van der Waals surface area contributed by atoms with E-state index in [4.69, 9.17) is 4.74 Å². The average molecular weight is 279 g/mol. The molecule has 1 aliphatic rings. The van der Waals surface area contributed by atoms with Crippen molar-refractivity contribution in [3.8, 4) is 0 Å². The molecule has 1 atom stereocenters. The Labute approximate surface area is 121 Å². The summed E-state index contributed by atoms with van der Waals surface area (Å²) in [4.78, 5) is 1.36. The van der Waals surface area contributed by atoms with Gasteiger partial charge in [0.2, 0.25) is 0 Å². The number of nitrogens with one attached hydrogen (secondary N) is 1. The molecule has 1 aliphatic heterocycles. The summed E-state index contributed by atoms with van der Waals surface area (Å²) in [5, 5.41) is 3.46. The largest absolute Gasteiger partial charge is 0.377 e. The van der Waals surface area contributed by atoms with E-state index in [1.807, 2.05) is 11.8 Å². The van der Waals surface area contributed by atoms with Gasteiger partial charge in [-0.2, -0.15) is 0 Å². The lowest BCUT2D eigenvalue weighted by molar-refractivity contribution is 0.0315. The molecule has 1 aromatic carbocycles. The van der Waals surface area contributed by atoms with Crippen LogP contribution in [-0.2, 0) is 11.3 Å². The summed E-state index contributed by atoms with van der Waals surface area (Å²) in [6, 6.07) is 9.37. The Kier molecular flexibility index (Phi) is 6.21. The molecule has 0 radical (unpaired) electrons. The van der Waals surface area contributed by atoms with E-state index >= 15 is 0 Å². The molecule has 0 aliphatic carbocycles. The van der Waals surface area contributed by atoms with Crippen LogP contribution in [0.25, 0.3) is 0 Å².